The van der Waals surface area contributed by atoms with E-state index in [-0.39, 0.29) is 12.0 Å². The Bertz CT molecular complexity index is 710. The SMILES string of the molecule is Cc1cc(C(=O)N(CCC2CCCCO2)Cc2ccccc2Cl)n[nH]1. The van der Waals surface area contributed by atoms with Gasteiger partial charge in [-0.25, -0.2) is 0 Å². The molecule has 3 rings (SSSR count). The van der Waals surface area contributed by atoms with Gasteiger partial charge in [-0.15, -0.1) is 0 Å². The first-order chi connectivity index (χ1) is 12.1. The largest absolute Gasteiger partial charge is 0.378 e. The molecule has 0 saturated carbocycles. The Kier molecular flexibility index (Phi) is 6.10. The number of aryl methyl sites for hydroxylation is 1. The summed E-state index contributed by atoms with van der Waals surface area (Å²) in [7, 11) is 0. The summed E-state index contributed by atoms with van der Waals surface area (Å²) >= 11 is 6.29. The van der Waals surface area contributed by atoms with Crippen LogP contribution in [0.2, 0.25) is 5.02 Å². The third-order valence-corrected chi connectivity index (χ3v) is 4.90. The van der Waals surface area contributed by atoms with Gasteiger partial charge >= 0.3 is 0 Å². The summed E-state index contributed by atoms with van der Waals surface area (Å²) in [6.45, 7) is 3.80. The molecule has 1 aromatic carbocycles. The molecule has 1 saturated heterocycles. The van der Waals surface area contributed by atoms with E-state index in [2.05, 4.69) is 10.2 Å². The van der Waals surface area contributed by atoms with E-state index in [1.165, 1.54) is 6.42 Å². The van der Waals surface area contributed by atoms with Gasteiger partial charge in [0.25, 0.3) is 5.91 Å². The molecule has 1 amide bonds. The minimum Gasteiger partial charge on any atom is -0.378 e. The van der Waals surface area contributed by atoms with Crippen molar-refractivity contribution in [1.82, 2.24) is 15.1 Å². The highest BCUT2D eigenvalue weighted by Gasteiger charge is 2.22. The molecule has 2 heterocycles. The third-order valence-electron chi connectivity index (χ3n) is 4.53. The summed E-state index contributed by atoms with van der Waals surface area (Å²) in [4.78, 5) is 14.7. The standard InChI is InChI=1S/C19H24ClN3O2/c1-14-12-18(22-21-14)19(24)23(10-9-16-7-4-5-11-25-16)13-15-6-2-3-8-17(15)20/h2-3,6,8,12,16H,4-5,7,9-11,13H2,1H3,(H,21,22). The van der Waals surface area contributed by atoms with Crippen LogP contribution in [-0.4, -0.2) is 40.3 Å². The van der Waals surface area contributed by atoms with Crippen molar-refractivity contribution >= 4 is 17.5 Å². The van der Waals surface area contributed by atoms with Gasteiger partial charge in [-0.2, -0.15) is 5.10 Å². The lowest BCUT2D eigenvalue weighted by molar-refractivity contribution is 0.00548. The number of H-pyrrole nitrogens is 1. The van der Waals surface area contributed by atoms with Crippen LogP contribution in [-0.2, 0) is 11.3 Å². The molecule has 1 aromatic heterocycles. The van der Waals surface area contributed by atoms with Crippen LogP contribution in [0.1, 0.15) is 47.4 Å². The molecule has 0 aliphatic carbocycles. The van der Waals surface area contributed by atoms with E-state index in [0.717, 1.165) is 37.1 Å². The highest BCUT2D eigenvalue weighted by atomic mass is 35.5. The molecule has 1 fully saturated rings. The maximum absolute atomic E-state index is 12.9. The smallest absolute Gasteiger partial charge is 0.274 e. The van der Waals surface area contributed by atoms with Crippen molar-refractivity contribution in [3.8, 4) is 0 Å². The number of rotatable bonds is 6. The topological polar surface area (TPSA) is 58.2 Å². The van der Waals surface area contributed by atoms with Crippen LogP contribution in [0.15, 0.2) is 30.3 Å². The molecule has 1 unspecified atom stereocenters. The van der Waals surface area contributed by atoms with Crippen molar-refractivity contribution in [2.24, 2.45) is 0 Å². The fraction of sp³-hybridized carbons (Fsp3) is 0.474. The molecule has 0 radical (unpaired) electrons. The Morgan fingerprint density at radius 1 is 1.40 bits per heavy atom. The summed E-state index contributed by atoms with van der Waals surface area (Å²) in [5.41, 5.74) is 2.25. The van der Waals surface area contributed by atoms with Crippen molar-refractivity contribution in [2.45, 2.75) is 45.3 Å². The Morgan fingerprint density at radius 2 is 2.24 bits per heavy atom. The molecular formula is C19H24ClN3O2. The number of halogens is 1. The zero-order valence-electron chi connectivity index (χ0n) is 14.5. The van der Waals surface area contributed by atoms with Crippen LogP contribution in [0.4, 0.5) is 0 Å². The zero-order chi connectivity index (χ0) is 17.6. The number of ether oxygens (including phenoxy) is 1. The molecule has 6 heteroatoms. The van der Waals surface area contributed by atoms with Crippen molar-refractivity contribution in [2.75, 3.05) is 13.2 Å². The Balaban J connectivity index is 1.72. The average Bonchev–Trinajstić information content (AvgIpc) is 3.07. The minimum absolute atomic E-state index is 0.0833. The summed E-state index contributed by atoms with van der Waals surface area (Å²) in [6.07, 6.45) is 4.46. The molecule has 0 spiro atoms. The van der Waals surface area contributed by atoms with Crippen LogP contribution in [0.3, 0.4) is 0 Å². The molecular weight excluding hydrogens is 338 g/mol. The number of hydrogen-bond donors (Lipinski definition) is 1. The fourth-order valence-corrected chi connectivity index (χ4v) is 3.30. The van der Waals surface area contributed by atoms with Gasteiger partial charge in [0.15, 0.2) is 0 Å². The summed E-state index contributed by atoms with van der Waals surface area (Å²) in [6, 6.07) is 9.41. The number of nitrogens with one attached hydrogen (secondary N) is 1. The first kappa shape index (κ1) is 18.0. The lowest BCUT2D eigenvalue weighted by Gasteiger charge is -2.27. The number of carbonyl (C=O) groups excluding carboxylic acids is 1. The number of aromatic amines is 1. The van der Waals surface area contributed by atoms with E-state index in [1.807, 2.05) is 36.1 Å². The summed E-state index contributed by atoms with van der Waals surface area (Å²) in [5, 5.41) is 7.63. The van der Waals surface area contributed by atoms with Crippen molar-refractivity contribution in [1.29, 1.82) is 0 Å². The highest BCUT2D eigenvalue weighted by molar-refractivity contribution is 6.31. The van der Waals surface area contributed by atoms with Crippen molar-refractivity contribution in [3.63, 3.8) is 0 Å². The predicted octanol–water partition coefficient (Wildman–Crippen LogP) is 3.97. The van der Waals surface area contributed by atoms with E-state index in [4.69, 9.17) is 16.3 Å². The van der Waals surface area contributed by atoms with Crippen LogP contribution >= 0.6 is 11.6 Å². The summed E-state index contributed by atoms with van der Waals surface area (Å²) < 4.78 is 5.81. The van der Waals surface area contributed by atoms with Crippen LogP contribution in [0.25, 0.3) is 0 Å². The number of nitrogens with zero attached hydrogens (tertiary/aromatic N) is 2. The molecule has 1 aliphatic heterocycles. The lowest BCUT2D eigenvalue weighted by atomic mass is 10.1. The quantitative estimate of drug-likeness (QED) is 0.846. The van der Waals surface area contributed by atoms with E-state index < -0.39 is 0 Å². The molecule has 1 atom stereocenters. The Labute approximate surface area is 153 Å². The summed E-state index contributed by atoms with van der Waals surface area (Å²) in [5.74, 6) is -0.0833. The van der Waals surface area contributed by atoms with Gasteiger partial charge in [-0.1, -0.05) is 29.8 Å². The number of carbonyl (C=O) groups is 1. The van der Waals surface area contributed by atoms with Gasteiger partial charge in [0.05, 0.1) is 6.10 Å². The maximum Gasteiger partial charge on any atom is 0.274 e. The number of benzene rings is 1. The highest BCUT2D eigenvalue weighted by Crippen LogP contribution is 2.21. The lowest BCUT2D eigenvalue weighted by Crippen LogP contribution is -2.34. The molecule has 1 N–H and O–H groups in total. The van der Waals surface area contributed by atoms with Gasteiger partial charge in [0, 0.05) is 30.4 Å². The average molecular weight is 362 g/mol. The normalized spacial score (nSPS) is 17.4. The van der Waals surface area contributed by atoms with E-state index in [1.54, 1.807) is 6.07 Å². The third kappa shape index (κ3) is 4.83. The number of aromatic nitrogens is 2. The van der Waals surface area contributed by atoms with Gasteiger partial charge in [0.1, 0.15) is 5.69 Å². The van der Waals surface area contributed by atoms with E-state index in [0.29, 0.717) is 23.8 Å². The molecule has 134 valence electrons. The first-order valence-corrected chi connectivity index (χ1v) is 9.17. The van der Waals surface area contributed by atoms with Crippen LogP contribution in [0, 0.1) is 6.92 Å². The zero-order valence-corrected chi connectivity index (χ0v) is 15.3. The van der Waals surface area contributed by atoms with Crippen molar-refractivity contribution in [3.05, 3.63) is 52.3 Å². The maximum atomic E-state index is 12.9. The molecule has 25 heavy (non-hydrogen) atoms. The first-order valence-electron chi connectivity index (χ1n) is 8.80. The van der Waals surface area contributed by atoms with Crippen LogP contribution < -0.4 is 0 Å². The number of hydrogen-bond acceptors (Lipinski definition) is 3. The molecule has 0 bridgehead atoms. The molecule has 2 aromatic rings. The van der Waals surface area contributed by atoms with Gasteiger partial charge in [-0.3, -0.25) is 9.89 Å². The molecule has 1 aliphatic rings. The number of amides is 1. The van der Waals surface area contributed by atoms with E-state index >= 15 is 0 Å². The van der Waals surface area contributed by atoms with Crippen molar-refractivity contribution < 1.29 is 9.53 Å². The van der Waals surface area contributed by atoms with Gasteiger partial charge < -0.3 is 9.64 Å². The second-order valence-electron chi connectivity index (χ2n) is 6.53. The minimum atomic E-state index is -0.0833. The monoisotopic (exact) mass is 361 g/mol. The van der Waals surface area contributed by atoms with Gasteiger partial charge in [-0.05, 0) is 50.3 Å². The Morgan fingerprint density at radius 3 is 2.92 bits per heavy atom. The van der Waals surface area contributed by atoms with E-state index in [9.17, 15) is 4.79 Å². The predicted molar refractivity (Wildman–Crippen MR) is 97.7 cm³/mol. The second kappa shape index (κ2) is 8.50. The molecule has 5 nitrogen and oxygen atoms in total. The van der Waals surface area contributed by atoms with Crippen LogP contribution in [0.5, 0.6) is 0 Å². The fourth-order valence-electron chi connectivity index (χ4n) is 3.11. The Hall–Kier alpha value is -1.85. The second-order valence-corrected chi connectivity index (χ2v) is 6.94. The van der Waals surface area contributed by atoms with Gasteiger partial charge in [0.2, 0.25) is 0 Å².